The maximum absolute atomic E-state index is 15.4. The summed E-state index contributed by atoms with van der Waals surface area (Å²) < 4.78 is 33.1. The average Bonchev–Trinajstić information content (AvgIpc) is 3.66. The van der Waals surface area contributed by atoms with Gasteiger partial charge in [0.1, 0.15) is 23.2 Å². The van der Waals surface area contributed by atoms with Gasteiger partial charge in [-0.3, -0.25) is 14.7 Å². The van der Waals surface area contributed by atoms with E-state index in [1.165, 1.54) is 32.4 Å². The molecule has 4 aromatic rings. The molecule has 2 atom stereocenters. The van der Waals surface area contributed by atoms with Crippen LogP contribution in [0.3, 0.4) is 0 Å². The number of halogens is 3. The maximum atomic E-state index is 15.4. The first kappa shape index (κ1) is 32.5. The lowest BCUT2D eigenvalue weighted by Gasteiger charge is -2.25. The number of anilines is 1. The second-order valence-corrected chi connectivity index (χ2v) is 11.8. The average molecular weight is 637 g/mol. The van der Waals surface area contributed by atoms with Crippen LogP contribution in [0.2, 0.25) is 5.02 Å². The van der Waals surface area contributed by atoms with Gasteiger partial charge in [0.05, 0.1) is 12.5 Å². The number of benzene rings is 2. The van der Waals surface area contributed by atoms with Crippen molar-refractivity contribution in [2.75, 3.05) is 45.7 Å². The van der Waals surface area contributed by atoms with Crippen molar-refractivity contribution in [2.24, 2.45) is 0 Å². The van der Waals surface area contributed by atoms with Crippen molar-refractivity contribution >= 4 is 45.0 Å². The third-order valence-electron chi connectivity index (χ3n) is 8.49. The molecule has 0 saturated carbocycles. The Kier molecular flexibility index (Phi) is 10.8. The highest BCUT2D eigenvalue weighted by Gasteiger charge is 2.34. The Labute approximate surface area is 267 Å². The Morgan fingerprint density at radius 3 is 2.56 bits per heavy atom. The van der Waals surface area contributed by atoms with Crippen LogP contribution in [0.25, 0.3) is 32.9 Å². The summed E-state index contributed by atoms with van der Waals surface area (Å²) in [5, 5.41) is 5.58. The zero-order valence-corrected chi connectivity index (χ0v) is 26.5. The van der Waals surface area contributed by atoms with Crippen LogP contribution in [0.1, 0.15) is 38.5 Å². The minimum absolute atomic E-state index is 0.0776. The molecule has 1 N–H and O–H groups in total. The highest BCUT2D eigenvalue weighted by molar-refractivity contribution is 6.36. The number of hydrogen-bond donors (Lipinski definition) is 1. The minimum Gasteiger partial charge on any atom is -0.467 e. The van der Waals surface area contributed by atoms with E-state index >= 15 is 4.39 Å². The number of hydrogen-bond acceptors (Lipinski definition) is 7. The van der Waals surface area contributed by atoms with Gasteiger partial charge in [-0.25, -0.2) is 8.78 Å². The monoisotopic (exact) mass is 636 g/mol. The van der Waals surface area contributed by atoms with Gasteiger partial charge >= 0.3 is 6.01 Å². The molecule has 3 aliphatic heterocycles. The topological polar surface area (TPSA) is 83.5 Å². The van der Waals surface area contributed by atoms with E-state index in [9.17, 15) is 9.18 Å². The second kappa shape index (κ2) is 14.9. The second-order valence-electron chi connectivity index (χ2n) is 11.3. The number of carbonyl (C=O) groups excluding carboxylic acids is 1. The molecule has 2 unspecified atom stereocenters. The van der Waals surface area contributed by atoms with Gasteiger partial charge < -0.3 is 15.0 Å². The summed E-state index contributed by atoms with van der Waals surface area (Å²) in [6.45, 7) is 7.14. The lowest BCUT2D eigenvalue weighted by molar-refractivity contribution is -0.126. The molecule has 1 amide bonds. The number of piperidine rings is 1. The summed E-state index contributed by atoms with van der Waals surface area (Å²) in [4.78, 5) is 27.8. The van der Waals surface area contributed by atoms with Crippen LogP contribution in [0.5, 0.6) is 6.01 Å². The molecule has 8 nitrogen and oxygen atoms in total. The van der Waals surface area contributed by atoms with E-state index in [0.29, 0.717) is 34.4 Å². The quantitative estimate of drug-likeness (QED) is 0.240. The Balaban J connectivity index is 0.000000171. The molecule has 2 aromatic carbocycles. The number of rotatable bonds is 4. The molecular weight excluding hydrogens is 598 g/mol. The molecule has 0 aliphatic carbocycles. The van der Waals surface area contributed by atoms with Crippen LogP contribution in [0.15, 0.2) is 55.3 Å². The predicted octanol–water partition coefficient (Wildman–Crippen LogP) is 7.07. The zero-order chi connectivity index (χ0) is 31.9. The number of pyridine rings is 1. The van der Waals surface area contributed by atoms with E-state index in [2.05, 4.69) is 31.7 Å². The first-order valence-corrected chi connectivity index (χ1v) is 15.8. The number of amides is 1. The summed E-state index contributed by atoms with van der Waals surface area (Å²) in [7, 11) is 3.13. The number of fused-ring (bicyclic) bond motifs is 3. The highest BCUT2D eigenvalue weighted by Crippen LogP contribution is 2.36. The van der Waals surface area contributed by atoms with Gasteiger partial charge in [0.2, 0.25) is 5.91 Å². The standard InChI is InChI=1S/C19H14ClFN4O.C8H13NO.C7H12FN/c1-22-18-12-9-23-16(15(21)17(12)24-19(25-18)26-2)11-7-3-5-10-6-4-8-13(20)14(10)11;1-2-8(10)9-6-4-3-5-7-9;8-6-4-7-2-1-3-9(7)5-6/h3-9H,1-2H3,(H,22,24,25);2H,1,3-7H2;6-7H,1-5H2. The first-order valence-electron chi connectivity index (χ1n) is 15.4. The van der Waals surface area contributed by atoms with Crippen LogP contribution >= 0.6 is 11.6 Å². The summed E-state index contributed by atoms with van der Waals surface area (Å²) in [6.07, 6.45) is 9.33. The van der Waals surface area contributed by atoms with Crippen molar-refractivity contribution in [3.63, 3.8) is 0 Å². The van der Waals surface area contributed by atoms with E-state index < -0.39 is 12.0 Å². The SMILES string of the molecule is C=CC(=O)N1CCCCC1.CNc1nc(OC)nc2c(F)c(-c3cccc4cccc(Cl)c34)ncc12.FC1CC2CCCN2C1. The van der Waals surface area contributed by atoms with Crippen LogP contribution in [-0.2, 0) is 4.79 Å². The molecular formula is C34H39ClF2N6O2. The van der Waals surface area contributed by atoms with Crippen molar-refractivity contribution in [1.29, 1.82) is 0 Å². The van der Waals surface area contributed by atoms with E-state index in [0.717, 1.165) is 49.7 Å². The van der Waals surface area contributed by atoms with E-state index in [1.54, 1.807) is 25.4 Å². The molecule has 0 bridgehead atoms. The minimum atomic E-state index is -0.549. The highest BCUT2D eigenvalue weighted by atomic mass is 35.5. The Bertz CT molecular complexity index is 1650. The van der Waals surface area contributed by atoms with Gasteiger partial charge in [-0.1, -0.05) is 48.5 Å². The van der Waals surface area contributed by atoms with Crippen LogP contribution in [0.4, 0.5) is 14.6 Å². The van der Waals surface area contributed by atoms with Crippen molar-refractivity contribution in [1.82, 2.24) is 24.8 Å². The Hall–Kier alpha value is -3.89. The summed E-state index contributed by atoms with van der Waals surface area (Å²) in [5.74, 6) is -0.0208. The smallest absolute Gasteiger partial charge is 0.318 e. The van der Waals surface area contributed by atoms with Crippen LogP contribution in [0, 0.1) is 5.82 Å². The molecule has 3 fully saturated rings. The molecule has 11 heteroatoms. The van der Waals surface area contributed by atoms with Crippen LogP contribution < -0.4 is 10.1 Å². The summed E-state index contributed by atoms with van der Waals surface area (Å²) in [6, 6.07) is 11.8. The fourth-order valence-electron chi connectivity index (χ4n) is 6.27. The largest absolute Gasteiger partial charge is 0.467 e. The molecule has 3 saturated heterocycles. The lowest BCUT2D eigenvalue weighted by Crippen LogP contribution is -2.34. The normalized spacial score (nSPS) is 19.3. The summed E-state index contributed by atoms with van der Waals surface area (Å²) >= 11 is 6.37. The number of nitrogens with zero attached hydrogens (tertiary/aromatic N) is 5. The summed E-state index contributed by atoms with van der Waals surface area (Å²) in [5.41, 5.74) is 0.922. The maximum Gasteiger partial charge on any atom is 0.318 e. The molecule has 238 valence electrons. The molecule has 7 rings (SSSR count). The van der Waals surface area contributed by atoms with Crippen molar-refractivity contribution in [3.05, 3.63) is 66.1 Å². The Morgan fingerprint density at radius 1 is 1.11 bits per heavy atom. The third-order valence-corrected chi connectivity index (χ3v) is 8.81. The number of nitrogens with one attached hydrogen (secondary N) is 1. The third kappa shape index (κ3) is 7.34. The number of alkyl halides is 1. The van der Waals surface area contributed by atoms with Crippen molar-refractivity contribution < 1.29 is 18.3 Å². The fraction of sp³-hybridized carbons (Fsp3) is 0.412. The van der Waals surface area contributed by atoms with Crippen LogP contribution in [-0.4, -0.2) is 83.2 Å². The number of carbonyl (C=O) groups is 1. The van der Waals surface area contributed by atoms with Crippen molar-refractivity contribution in [3.8, 4) is 17.3 Å². The van der Waals surface area contributed by atoms with E-state index in [1.807, 2.05) is 29.2 Å². The fourth-order valence-corrected chi connectivity index (χ4v) is 6.55. The van der Waals surface area contributed by atoms with Gasteiger partial charge in [-0.2, -0.15) is 9.97 Å². The van der Waals surface area contributed by atoms with Gasteiger partial charge in [-0.15, -0.1) is 0 Å². The molecule has 3 aliphatic rings. The molecule has 2 aromatic heterocycles. The van der Waals surface area contributed by atoms with Gasteiger partial charge in [-0.05, 0) is 62.6 Å². The predicted molar refractivity (Wildman–Crippen MR) is 176 cm³/mol. The zero-order valence-electron chi connectivity index (χ0n) is 25.7. The Morgan fingerprint density at radius 2 is 1.87 bits per heavy atom. The molecule has 5 heterocycles. The van der Waals surface area contributed by atoms with E-state index in [4.69, 9.17) is 16.3 Å². The number of likely N-dealkylation sites (tertiary alicyclic amines) is 1. The number of aromatic nitrogens is 3. The molecule has 0 spiro atoms. The van der Waals surface area contributed by atoms with Gasteiger partial charge in [0.25, 0.3) is 0 Å². The van der Waals surface area contributed by atoms with Gasteiger partial charge in [0.15, 0.2) is 5.82 Å². The molecule has 0 radical (unpaired) electrons. The first-order chi connectivity index (χ1) is 21.8. The molecule has 45 heavy (non-hydrogen) atoms. The van der Waals surface area contributed by atoms with Gasteiger partial charge in [0, 0.05) is 54.9 Å². The number of ether oxygens (including phenoxy) is 1. The lowest BCUT2D eigenvalue weighted by atomic mass is 10.0. The number of methoxy groups -OCH3 is 1. The van der Waals surface area contributed by atoms with Crippen molar-refractivity contribution in [2.45, 2.75) is 50.7 Å². The van der Waals surface area contributed by atoms with E-state index in [-0.39, 0.29) is 23.1 Å².